The van der Waals surface area contributed by atoms with Crippen molar-refractivity contribution in [1.82, 2.24) is 14.9 Å². The van der Waals surface area contributed by atoms with E-state index < -0.39 is 29.2 Å². The number of carbonyl (C=O) groups excluding carboxylic acids is 1. The van der Waals surface area contributed by atoms with Gasteiger partial charge in [0.15, 0.2) is 0 Å². The van der Waals surface area contributed by atoms with Crippen molar-refractivity contribution in [3.63, 3.8) is 0 Å². The number of aromatic nitrogens is 1. The fourth-order valence-electron chi connectivity index (χ4n) is 2.51. The van der Waals surface area contributed by atoms with Crippen molar-refractivity contribution in [2.45, 2.75) is 38.9 Å². The summed E-state index contributed by atoms with van der Waals surface area (Å²) in [7, 11) is 3.45. The van der Waals surface area contributed by atoms with E-state index in [2.05, 4.69) is 0 Å². The van der Waals surface area contributed by atoms with Gasteiger partial charge in [0, 0.05) is 18.8 Å². The number of hydrogen-bond donors (Lipinski definition) is 2. The summed E-state index contributed by atoms with van der Waals surface area (Å²) in [5.41, 5.74) is -0.520. The second-order valence-corrected chi connectivity index (χ2v) is 6.63. The Bertz CT molecular complexity index is 654. The third kappa shape index (κ3) is 5.86. The third-order valence-corrected chi connectivity index (χ3v) is 3.74. The number of carbonyl (C=O) groups is 1. The van der Waals surface area contributed by atoms with E-state index in [4.69, 9.17) is 5.21 Å². The monoisotopic (exact) mass is 363 g/mol. The van der Waals surface area contributed by atoms with Crippen molar-refractivity contribution in [3.05, 3.63) is 33.7 Å². The molecule has 25 heavy (non-hydrogen) atoms. The van der Waals surface area contributed by atoms with Gasteiger partial charge in [-0.15, -0.1) is 0 Å². The molecule has 0 saturated heterocycles. The molecule has 0 aromatic carbocycles. The summed E-state index contributed by atoms with van der Waals surface area (Å²) in [5.74, 6) is -0.851. The first-order valence-corrected chi connectivity index (χ1v) is 7.88. The molecule has 9 heteroatoms. The Hall–Kier alpha value is -1.87. The number of hydroxylamine groups is 1. The van der Waals surface area contributed by atoms with Crippen molar-refractivity contribution in [1.29, 1.82) is 0 Å². The van der Waals surface area contributed by atoms with Crippen LogP contribution in [0.3, 0.4) is 0 Å². The van der Waals surface area contributed by atoms with Gasteiger partial charge in [-0.1, -0.05) is 13.8 Å². The van der Waals surface area contributed by atoms with Crippen LogP contribution in [0.5, 0.6) is 0 Å². The molecule has 1 atom stereocenters. The highest BCUT2D eigenvalue weighted by Crippen LogP contribution is 2.32. The Morgan fingerprint density at radius 2 is 1.96 bits per heavy atom. The fraction of sp³-hybridized carbons (Fsp3) is 0.625. The molecule has 142 valence electrons. The van der Waals surface area contributed by atoms with Gasteiger partial charge in [0.25, 0.3) is 11.5 Å². The van der Waals surface area contributed by atoms with E-state index >= 15 is 0 Å². The quantitative estimate of drug-likeness (QED) is 0.574. The minimum absolute atomic E-state index is 0.0123. The molecule has 0 radical (unpaired) electrons. The molecule has 6 nitrogen and oxygen atoms in total. The topological polar surface area (TPSA) is 74.6 Å². The number of alkyl halides is 3. The fourth-order valence-corrected chi connectivity index (χ4v) is 2.51. The molecule has 1 aromatic heterocycles. The summed E-state index contributed by atoms with van der Waals surface area (Å²) in [4.78, 5) is 25.8. The first-order valence-electron chi connectivity index (χ1n) is 7.88. The molecule has 1 unspecified atom stereocenters. The van der Waals surface area contributed by atoms with Crippen LogP contribution in [-0.2, 0) is 17.4 Å². The maximum Gasteiger partial charge on any atom is 0.416 e. The molecule has 1 rings (SSSR count). The number of nitrogens with zero attached hydrogens (tertiary/aromatic N) is 2. The third-order valence-electron chi connectivity index (χ3n) is 3.74. The van der Waals surface area contributed by atoms with Gasteiger partial charge >= 0.3 is 6.18 Å². The first kappa shape index (κ1) is 21.2. The van der Waals surface area contributed by atoms with Crippen LogP contribution in [-0.4, -0.2) is 41.2 Å². The molecule has 0 aliphatic rings. The van der Waals surface area contributed by atoms with E-state index in [-0.39, 0.29) is 24.3 Å². The normalized spacial score (nSPS) is 13.4. The summed E-state index contributed by atoms with van der Waals surface area (Å²) in [6.45, 7) is 3.96. The summed E-state index contributed by atoms with van der Waals surface area (Å²) in [5, 5.41) is 8.90. The summed E-state index contributed by atoms with van der Waals surface area (Å²) in [6.07, 6.45) is -3.31. The van der Waals surface area contributed by atoms with Crippen LogP contribution in [0.4, 0.5) is 13.2 Å². The van der Waals surface area contributed by atoms with Crippen molar-refractivity contribution in [3.8, 4) is 0 Å². The SMILES string of the molecule is CC(C)CC(C(=O)NO)n1cc(CCN(C)C)c(C(F)(F)F)cc1=O. The predicted octanol–water partition coefficient (Wildman–Crippen LogP) is 2.06. The molecule has 1 heterocycles. The van der Waals surface area contributed by atoms with Crippen LogP contribution in [0.1, 0.15) is 37.4 Å². The molecule has 2 N–H and O–H groups in total. The van der Waals surface area contributed by atoms with Crippen molar-refractivity contribution < 1.29 is 23.2 Å². The lowest BCUT2D eigenvalue weighted by molar-refractivity contribution is -0.138. The van der Waals surface area contributed by atoms with Crippen molar-refractivity contribution in [2.75, 3.05) is 20.6 Å². The van der Waals surface area contributed by atoms with Gasteiger partial charge in [-0.05, 0) is 38.4 Å². The average molecular weight is 363 g/mol. The zero-order chi connectivity index (χ0) is 19.4. The molecule has 0 aliphatic carbocycles. The second-order valence-electron chi connectivity index (χ2n) is 6.63. The van der Waals surface area contributed by atoms with Crippen LogP contribution in [0.15, 0.2) is 17.1 Å². The molecule has 0 saturated carbocycles. The van der Waals surface area contributed by atoms with E-state index in [0.717, 1.165) is 10.8 Å². The molecule has 1 amide bonds. The second kappa shape index (κ2) is 8.48. The highest BCUT2D eigenvalue weighted by molar-refractivity contribution is 5.79. The number of amides is 1. The molecule has 0 bridgehead atoms. The molecular formula is C16H24F3N3O3. The number of likely N-dealkylation sites (N-methyl/N-ethyl adjacent to an activating group) is 1. The van der Waals surface area contributed by atoms with Crippen LogP contribution in [0, 0.1) is 5.92 Å². The summed E-state index contributed by atoms with van der Waals surface area (Å²) in [6, 6.07) is -0.568. The van der Waals surface area contributed by atoms with Gasteiger partial charge in [0.05, 0.1) is 5.56 Å². The van der Waals surface area contributed by atoms with Crippen molar-refractivity contribution >= 4 is 5.91 Å². The van der Waals surface area contributed by atoms with Gasteiger partial charge in [-0.25, -0.2) is 5.48 Å². The molecule has 0 aliphatic heterocycles. The lowest BCUT2D eigenvalue weighted by atomic mass is 10.0. The lowest BCUT2D eigenvalue weighted by Crippen LogP contribution is -2.37. The minimum Gasteiger partial charge on any atom is -0.309 e. The Kier molecular flexibility index (Phi) is 7.18. The molecular weight excluding hydrogens is 339 g/mol. The Labute approximate surface area is 144 Å². The smallest absolute Gasteiger partial charge is 0.309 e. The van der Waals surface area contributed by atoms with Crippen LogP contribution < -0.4 is 11.0 Å². The van der Waals surface area contributed by atoms with Gasteiger partial charge in [0.2, 0.25) is 0 Å². The number of hydrogen-bond acceptors (Lipinski definition) is 4. The van der Waals surface area contributed by atoms with Crippen LogP contribution in [0.2, 0.25) is 0 Å². The molecule has 1 aromatic rings. The van der Waals surface area contributed by atoms with E-state index in [1.54, 1.807) is 32.8 Å². The maximum absolute atomic E-state index is 13.2. The number of pyridine rings is 1. The lowest BCUT2D eigenvalue weighted by Gasteiger charge is -2.22. The zero-order valence-corrected chi connectivity index (χ0v) is 14.7. The maximum atomic E-state index is 13.2. The van der Waals surface area contributed by atoms with Gasteiger partial charge in [-0.2, -0.15) is 13.2 Å². The molecule has 0 fully saturated rings. The van der Waals surface area contributed by atoms with Gasteiger partial charge in [-0.3, -0.25) is 14.8 Å². The van der Waals surface area contributed by atoms with Crippen LogP contribution >= 0.6 is 0 Å². The zero-order valence-electron chi connectivity index (χ0n) is 14.7. The van der Waals surface area contributed by atoms with Gasteiger partial charge < -0.3 is 9.47 Å². The van der Waals surface area contributed by atoms with E-state index in [1.165, 1.54) is 5.48 Å². The average Bonchev–Trinajstić information content (AvgIpc) is 2.49. The van der Waals surface area contributed by atoms with E-state index in [1.807, 2.05) is 0 Å². The highest BCUT2D eigenvalue weighted by Gasteiger charge is 2.35. The Balaban J connectivity index is 3.46. The first-order chi connectivity index (χ1) is 11.5. The minimum atomic E-state index is -4.66. The highest BCUT2D eigenvalue weighted by atomic mass is 19.4. The van der Waals surface area contributed by atoms with Gasteiger partial charge in [0.1, 0.15) is 6.04 Å². The largest absolute Gasteiger partial charge is 0.416 e. The molecule has 0 spiro atoms. The Morgan fingerprint density at radius 3 is 2.40 bits per heavy atom. The van der Waals surface area contributed by atoms with E-state index in [9.17, 15) is 22.8 Å². The summed E-state index contributed by atoms with van der Waals surface area (Å²) >= 11 is 0. The number of rotatable bonds is 7. The van der Waals surface area contributed by atoms with Crippen LogP contribution in [0.25, 0.3) is 0 Å². The number of nitrogens with one attached hydrogen (secondary N) is 1. The predicted molar refractivity (Wildman–Crippen MR) is 86.4 cm³/mol. The van der Waals surface area contributed by atoms with Crippen molar-refractivity contribution in [2.24, 2.45) is 5.92 Å². The Morgan fingerprint density at radius 1 is 1.36 bits per heavy atom. The standard InChI is InChI=1S/C16H24F3N3O3/c1-10(2)7-13(15(24)20-25)22-9-11(5-6-21(3)4)12(8-14(22)23)16(17,18)19/h8-10,13,25H,5-7H2,1-4H3,(H,20,24). The van der Waals surface area contributed by atoms with E-state index in [0.29, 0.717) is 12.6 Å². The number of halogens is 3. The summed E-state index contributed by atoms with van der Waals surface area (Å²) < 4.78 is 40.7.